The summed E-state index contributed by atoms with van der Waals surface area (Å²) in [6.45, 7) is 2.78. The van der Waals surface area contributed by atoms with Crippen LogP contribution in [-0.4, -0.2) is 31.9 Å². The molecule has 0 unspecified atom stereocenters. The third kappa shape index (κ3) is 3.48. The summed E-state index contributed by atoms with van der Waals surface area (Å²) in [7, 11) is 0. The summed E-state index contributed by atoms with van der Waals surface area (Å²) in [6.07, 6.45) is 6.64. The summed E-state index contributed by atoms with van der Waals surface area (Å²) in [4.78, 5) is 22.6. The fourth-order valence-corrected chi connectivity index (χ4v) is 2.43. The molecule has 0 aliphatic rings. The Balaban J connectivity index is 1.76. The van der Waals surface area contributed by atoms with E-state index in [2.05, 4.69) is 9.97 Å². The molecule has 5 nitrogen and oxygen atoms in total. The van der Waals surface area contributed by atoms with E-state index in [0.717, 1.165) is 5.56 Å². The summed E-state index contributed by atoms with van der Waals surface area (Å²) < 4.78 is 15.1. The fourth-order valence-electron chi connectivity index (χ4n) is 2.43. The van der Waals surface area contributed by atoms with Crippen molar-refractivity contribution in [2.45, 2.75) is 13.5 Å². The molecule has 3 rings (SSSR count). The van der Waals surface area contributed by atoms with Crippen molar-refractivity contribution in [1.82, 2.24) is 19.4 Å². The molecule has 0 N–H and O–H groups in total. The van der Waals surface area contributed by atoms with Gasteiger partial charge in [0.05, 0.1) is 5.56 Å². The minimum absolute atomic E-state index is 0.133. The maximum atomic E-state index is 13.3. The Morgan fingerprint density at radius 3 is 2.79 bits per heavy atom. The lowest BCUT2D eigenvalue weighted by molar-refractivity contribution is 0.0752. The molecule has 0 saturated heterocycles. The molecule has 0 saturated carbocycles. The van der Waals surface area contributed by atoms with Crippen LogP contribution < -0.4 is 0 Å². The van der Waals surface area contributed by atoms with E-state index in [1.54, 1.807) is 58.7 Å². The van der Waals surface area contributed by atoms with Gasteiger partial charge in [-0.2, -0.15) is 0 Å². The van der Waals surface area contributed by atoms with Gasteiger partial charge in [-0.25, -0.2) is 14.4 Å². The molecular weight excluding hydrogens is 307 g/mol. The fraction of sp³-hybridized carbons (Fsp3) is 0.167. The number of benzene rings is 1. The van der Waals surface area contributed by atoms with Gasteiger partial charge < -0.3 is 4.90 Å². The van der Waals surface area contributed by atoms with Crippen molar-refractivity contribution in [3.8, 4) is 5.82 Å². The number of carbonyl (C=O) groups excluding carboxylic acids is 1. The van der Waals surface area contributed by atoms with E-state index >= 15 is 0 Å². The molecule has 0 aliphatic heterocycles. The van der Waals surface area contributed by atoms with E-state index in [-0.39, 0.29) is 11.7 Å². The lowest BCUT2D eigenvalue weighted by Crippen LogP contribution is -2.30. The zero-order valence-electron chi connectivity index (χ0n) is 13.3. The summed E-state index contributed by atoms with van der Waals surface area (Å²) in [5, 5.41) is 0. The van der Waals surface area contributed by atoms with Gasteiger partial charge in [0, 0.05) is 31.7 Å². The molecule has 2 aromatic heterocycles. The van der Waals surface area contributed by atoms with E-state index in [0.29, 0.717) is 24.5 Å². The zero-order chi connectivity index (χ0) is 16.9. The van der Waals surface area contributed by atoms with Gasteiger partial charge in [0.25, 0.3) is 5.91 Å². The van der Waals surface area contributed by atoms with Crippen molar-refractivity contribution in [1.29, 1.82) is 0 Å². The highest BCUT2D eigenvalue weighted by atomic mass is 19.1. The normalized spacial score (nSPS) is 10.6. The molecule has 1 amide bonds. The van der Waals surface area contributed by atoms with E-state index < -0.39 is 0 Å². The SMILES string of the molecule is CCN(Cc1cccc(F)c1)C(=O)c1ccc(-n2ccnc2)nc1. The van der Waals surface area contributed by atoms with E-state index in [4.69, 9.17) is 0 Å². The third-order valence-electron chi connectivity index (χ3n) is 3.70. The maximum Gasteiger partial charge on any atom is 0.255 e. The first-order chi connectivity index (χ1) is 11.7. The van der Waals surface area contributed by atoms with Gasteiger partial charge in [-0.05, 0) is 36.8 Å². The van der Waals surface area contributed by atoms with Crippen LogP contribution in [-0.2, 0) is 6.54 Å². The number of aromatic nitrogens is 3. The number of amides is 1. The highest BCUT2D eigenvalue weighted by Gasteiger charge is 2.15. The van der Waals surface area contributed by atoms with Crippen molar-refractivity contribution in [2.75, 3.05) is 6.54 Å². The van der Waals surface area contributed by atoms with Crippen LogP contribution in [0.2, 0.25) is 0 Å². The first-order valence-corrected chi connectivity index (χ1v) is 7.65. The van der Waals surface area contributed by atoms with Crippen molar-refractivity contribution < 1.29 is 9.18 Å². The van der Waals surface area contributed by atoms with Crippen LogP contribution in [0, 0.1) is 5.82 Å². The molecule has 0 radical (unpaired) electrons. The second-order valence-electron chi connectivity index (χ2n) is 5.32. The molecule has 122 valence electrons. The smallest absolute Gasteiger partial charge is 0.255 e. The lowest BCUT2D eigenvalue weighted by atomic mass is 10.2. The number of rotatable bonds is 5. The molecule has 1 aromatic carbocycles. The highest BCUT2D eigenvalue weighted by Crippen LogP contribution is 2.12. The Morgan fingerprint density at radius 2 is 2.17 bits per heavy atom. The van der Waals surface area contributed by atoms with Crippen LogP contribution in [0.1, 0.15) is 22.8 Å². The Kier molecular flexibility index (Phi) is 4.65. The molecule has 0 spiro atoms. The van der Waals surface area contributed by atoms with E-state index in [1.807, 2.05) is 6.92 Å². The van der Waals surface area contributed by atoms with Gasteiger partial charge in [0.15, 0.2) is 0 Å². The first-order valence-electron chi connectivity index (χ1n) is 7.65. The van der Waals surface area contributed by atoms with Crippen molar-refractivity contribution in [2.24, 2.45) is 0 Å². The van der Waals surface area contributed by atoms with Crippen LogP contribution in [0.5, 0.6) is 0 Å². The van der Waals surface area contributed by atoms with Crippen molar-refractivity contribution in [3.05, 3.63) is 78.3 Å². The van der Waals surface area contributed by atoms with Gasteiger partial charge in [-0.3, -0.25) is 9.36 Å². The minimum Gasteiger partial charge on any atom is -0.335 e. The predicted octanol–water partition coefficient (Wildman–Crippen LogP) is 3.07. The third-order valence-corrected chi connectivity index (χ3v) is 3.70. The molecule has 0 fully saturated rings. The number of pyridine rings is 1. The summed E-state index contributed by atoms with van der Waals surface area (Å²) >= 11 is 0. The van der Waals surface area contributed by atoms with Gasteiger partial charge in [0.1, 0.15) is 18.0 Å². The summed E-state index contributed by atoms with van der Waals surface area (Å²) in [5.74, 6) is 0.256. The Bertz CT molecular complexity index is 815. The van der Waals surface area contributed by atoms with Gasteiger partial charge in [0.2, 0.25) is 0 Å². The molecule has 24 heavy (non-hydrogen) atoms. The minimum atomic E-state index is -0.303. The van der Waals surface area contributed by atoms with E-state index in [9.17, 15) is 9.18 Å². The maximum absolute atomic E-state index is 13.3. The second kappa shape index (κ2) is 7.04. The number of imidazole rings is 1. The van der Waals surface area contributed by atoms with Crippen LogP contribution in [0.25, 0.3) is 5.82 Å². The van der Waals surface area contributed by atoms with Crippen LogP contribution >= 0.6 is 0 Å². The lowest BCUT2D eigenvalue weighted by Gasteiger charge is -2.21. The molecule has 6 heteroatoms. The molecule has 2 heterocycles. The Labute approximate surface area is 139 Å². The van der Waals surface area contributed by atoms with Crippen molar-refractivity contribution >= 4 is 5.91 Å². The summed E-state index contributed by atoms with van der Waals surface area (Å²) in [5.41, 5.74) is 1.25. The first kappa shape index (κ1) is 15.9. The monoisotopic (exact) mass is 324 g/mol. The second-order valence-corrected chi connectivity index (χ2v) is 5.32. The van der Waals surface area contributed by atoms with Crippen molar-refractivity contribution in [3.63, 3.8) is 0 Å². The Hall–Kier alpha value is -3.02. The van der Waals surface area contributed by atoms with Gasteiger partial charge in [-0.15, -0.1) is 0 Å². The highest BCUT2D eigenvalue weighted by molar-refractivity contribution is 5.94. The standard InChI is InChI=1S/C18H17FN4O/c1-2-22(12-14-4-3-5-16(19)10-14)18(24)15-6-7-17(21-11-15)23-9-8-20-13-23/h3-11,13H,2,12H2,1H3. The topological polar surface area (TPSA) is 51.0 Å². The molecule has 0 aliphatic carbocycles. The Morgan fingerprint density at radius 1 is 1.29 bits per heavy atom. The van der Waals surface area contributed by atoms with Gasteiger partial charge in [-0.1, -0.05) is 12.1 Å². The number of hydrogen-bond acceptors (Lipinski definition) is 3. The molecule has 0 bridgehead atoms. The number of hydrogen-bond donors (Lipinski definition) is 0. The molecule has 3 aromatic rings. The van der Waals surface area contributed by atoms with Crippen LogP contribution in [0.3, 0.4) is 0 Å². The predicted molar refractivity (Wildman–Crippen MR) is 88.2 cm³/mol. The van der Waals surface area contributed by atoms with Gasteiger partial charge >= 0.3 is 0 Å². The largest absolute Gasteiger partial charge is 0.335 e. The van der Waals surface area contributed by atoms with Crippen LogP contribution in [0.15, 0.2) is 61.3 Å². The number of carbonyl (C=O) groups is 1. The van der Waals surface area contributed by atoms with E-state index in [1.165, 1.54) is 12.1 Å². The number of halogens is 1. The average Bonchev–Trinajstić information content (AvgIpc) is 3.14. The quantitative estimate of drug-likeness (QED) is 0.725. The molecule has 0 atom stereocenters. The molecular formula is C18H17FN4O. The number of nitrogens with zero attached hydrogens (tertiary/aromatic N) is 4. The summed E-state index contributed by atoms with van der Waals surface area (Å²) in [6, 6.07) is 9.78. The average molecular weight is 324 g/mol. The van der Waals surface area contributed by atoms with Crippen LogP contribution in [0.4, 0.5) is 4.39 Å². The zero-order valence-corrected chi connectivity index (χ0v) is 13.3.